The molecule has 0 saturated heterocycles. The van der Waals surface area contributed by atoms with Gasteiger partial charge in [-0.15, -0.1) is 0 Å². The highest BCUT2D eigenvalue weighted by atomic mass is 16.1. The average Bonchev–Trinajstić information content (AvgIpc) is 3.35. The van der Waals surface area contributed by atoms with Crippen LogP contribution in [0.5, 0.6) is 0 Å². The number of fused-ring (bicyclic) bond motifs is 2. The van der Waals surface area contributed by atoms with Crippen LogP contribution in [-0.4, -0.2) is 24.8 Å². The Morgan fingerprint density at radius 1 is 1.07 bits per heavy atom. The number of benzene rings is 2. The van der Waals surface area contributed by atoms with E-state index in [9.17, 15) is 4.79 Å². The van der Waals surface area contributed by atoms with Gasteiger partial charge in [0.2, 0.25) is 0 Å². The summed E-state index contributed by atoms with van der Waals surface area (Å²) in [6.07, 6.45) is 5.67. The fourth-order valence-corrected chi connectivity index (χ4v) is 3.77. The quantitative estimate of drug-likeness (QED) is 0.496. The molecule has 30 heavy (non-hydrogen) atoms. The molecule has 6 heteroatoms. The van der Waals surface area contributed by atoms with Crippen molar-refractivity contribution in [3.05, 3.63) is 95.7 Å². The summed E-state index contributed by atoms with van der Waals surface area (Å²) in [5.74, 6) is -0.143. The minimum Gasteiger partial charge on any atom is -0.346 e. The first-order chi connectivity index (χ1) is 14.6. The minimum absolute atomic E-state index is 0.143. The summed E-state index contributed by atoms with van der Waals surface area (Å²) in [4.78, 5) is 21.7. The second-order valence-corrected chi connectivity index (χ2v) is 7.49. The number of hydrogen-bond acceptors (Lipinski definition) is 3. The van der Waals surface area contributed by atoms with Crippen molar-refractivity contribution >= 4 is 22.6 Å². The number of hydrogen-bond donors (Lipinski definition) is 1. The van der Waals surface area contributed by atoms with E-state index >= 15 is 0 Å². The van der Waals surface area contributed by atoms with E-state index in [1.165, 1.54) is 11.1 Å². The van der Waals surface area contributed by atoms with E-state index < -0.39 is 0 Å². The molecule has 0 radical (unpaired) electrons. The SMILES string of the molecule is Cc1ccc(-n2cnc3cc(C(=O)NCc4cn5ccccc5n4)ccc32)c(C)c1. The zero-order chi connectivity index (χ0) is 20.7. The fourth-order valence-electron chi connectivity index (χ4n) is 3.77. The number of amides is 1. The van der Waals surface area contributed by atoms with Crippen molar-refractivity contribution in [2.45, 2.75) is 20.4 Å². The molecule has 0 aliphatic heterocycles. The Hall–Kier alpha value is -3.93. The largest absolute Gasteiger partial charge is 0.346 e. The molecular weight excluding hydrogens is 374 g/mol. The van der Waals surface area contributed by atoms with Crippen molar-refractivity contribution in [3.63, 3.8) is 0 Å². The van der Waals surface area contributed by atoms with Crippen LogP contribution < -0.4 is 5.32 Å². The predicted molar refractivity (Wildman–Crippen MR) is 117 cm³/mol. The highest BCUT2D eigenvalue weighted by Crippen LogP contribution is 2.22. The molecule has 1 N–H and O–H groups in total. The van der Waals surface area contributed by atoms with Gasteiger partial charge in [-0.1, -0.05) is 23.8 Å². The molecule has 0 aliphatic carbocycles. The molecule has 0 saturated carbocycles. The van der Waals surface area contributed by atoms with Crippen molar-refractivity contribution in [2.24, 2.45) is 0 Å². The Bertz CT molecular complexity index is 1360. The summed E-state index contributed by atoms with van der Waals surface area (Å²) in [5, 5.41) is 2.95. The van der Waals surface area contributed by atoms with Crippen molar-refractivity contribution < 1.29 is 4.79 Å². The standard InChI is InChI=1S/C24H21N5O/c1-16-6-8-21(17(2)11-16)29-15-26-20-12-18(7-9-22(20)29)24(30)25-13-19-14-28-10-4-3-5-23(28)27-19/h3-12,14-15H,13H2,1-2H3,(H,25,30). The van der Waals surface area contributed by atoms with Gasteiger partial charge in [-0.3, -0.25) is 9.36 Å². The van der Waals surface area contributed by atoms with Crippen molar-refractivity contribution in [1.82, 2.24) is 24.3 Å². The number of carbonyl (C=O) groups excluding carboxylic acids is 1. The van der Waals surface area contributed by atoms with Gasteiger partial charge in [-0.2, -0.15) is 0 Å². The molecule has 0 unspecified atom stereocenters. The molecule has 3 heterocycles. The number of pyridine rings is 1. The van der Waals surface area contributed by atoms with E-state index in [0.717, 1.165) is 28.1 Å². The van der Waals surface area contributed by atoms with Crippen LogP contribution in [0.4, 0.5) is 0 Å². The second-order valence-electron chi connectivity index (χ2n) is 7.49. The Labute approximate surface area is 173 Å². The Balaban J connectivity index is 1.37. The van der Waals surface area contributed by atoms with Gasteiger partial charge < -0.3 is 9.72 Å². The maximum absolute atomic E-state index is 12.7. The normalized spacial score (nSPS) is 11.3. The zero-order valence-corrected chi connectivity index (χ0v) is 16.8. The zero-order valence-electron chi connectivity index (χ0n) is 16.8. The van der Waals surface area contributed by atoms with Gasteiger partial charge >= 0.3 is 0 Å². The summed E-state index contributed by atoms with van der Waals surface area (Å²) in [5.41, 5.74) is 7.52. The Morgan fingerprint density at radius 3 is 2.80 bits per heavy atom. The van der Waals surface area contributed by atoms with E-state index in [0.29, 0.717) is 12.1 Å². The Kier molecular flexibility index (Phi) is 4.32. The summed E-state index contributed by atoms with van der Waals surface area (Å²) < 4.78 is 4.00. The molecule has 5 rings (SSSR count). The smallest absolute Gasteiger partial charge is 0.251 e. The molecule has 0 spiro atoms. The van der Waals surface area contributed by atoms with Crippen LogP contribution in [0.3, 0.4) is 0 Å². The van der Waals surface area contributed by atoms with Crippen molar-refractivity contribution in [3.8, 4) is 5.69 Å². The van der Waals surface area contributed by atoms with E-state index in [2.05, 4.69) is 51.9 Å². The first kappa shape index (κ1) is 18.1. The average molecular weight is 395 g/mol. The third-order valence-electron chi connectivity index (χ3n) is 5.27. The molecule has 3 aromatic heterocycles. The van der Waals surface area contributed by atoms with Crippen LogP contribution in [0, 0.1) is 13.8 Å². The molecule has 0 aliphatic rings. The molecule has 5 aromatic rings. The topological polar surface area (TPSA) is 64.2 Å². The number of nitrogens with zero attached hydrogens (tertiary/aromatic N) is 4. The molecular formula is C24H21N5O. The minimum atomic E-state index is -0.143. The van der Waals surface area contributed by atoms with Gasteiger partial charge in [-0.05, 0) is 55.8 Å². The number of carbonyl (C=O) groups is 1. The van der Waals surface area contributed by atoms with Gasteiger partial charge in [0.05, 0.1) is 29.0 Å². The summed E-state index contributed by atoms with van der Waals surface area (Å²) in [7, 11) is 0. The van der Waals surface area contributed by atoms with Gasteiger partial charge in [0, 0.05) is 18.0 Å². The summed E-state index contributed by atoms with van der Waals surface area (Å²) in [6.45, 7) is 4.55. The van der Waals surface area contributed by atoms with Crippen molar-refractivity contribution in [1.29, 1.82) is 0 Å². The monoisotopic (exact) mass is 395 g/mol. The van der Waals surface area contributed by atoms with Crippen LogP contribution in [0.15, 0.2) is 73.3 Å². The lowest BCUT2D eigenvalue weighted by molar-refractivity contribution is 0.0950. The summed E-state index contributed by atoms with van der Waals surface area (Å²) >= 11 is 0. The highest BCUT2D eigenvalue weighted by Gasteiger charge is 2.12. The first-order valence-electron chi connectivity index (χ1n) is 9.84. The van der Waals surface area contributed by atoms with Gasteiger partial charge in [0.1, 0.15) is 12.0 Å². The van der Waals surface area contributed by atoms with Crippen LogP contribution >= 0.6 is 0 Å². The molecule has 0 fully saturated rings. The van der Waals surface area contributed by atoms with E-state index in [1.54, 1.807) is 6.33 Å². The molecule has 6 nitrogen and oxygen atoms in total. The number of nitrogens with one attached hydrogen (secondary N) is 1. The number of rotatable bonds is 4. The predicted octanol–water partition coefficient (Wildman–Crippen LogP) is 4.22. The lowest BCUT2D eigenvalue weighted by Gasteiger charge is -2.09. The van der Waals surface area contributed by atoms with Crippen LogP contribution in [-0.2, 0) is 6.54 Å². The third-order valence-corrected chi connectivity index (χ3v) is 5.27. The van der Waals surface area contributed by atoms with E-state index in [4.69, 9.17) is 0 Å². The first-order valence-corrected chi connectivity index (χ1v) is 9.84. The second kappa shape index (κ2) is 7.15. The highest BCUT2D eigenvalue weighted by molar-refractivity contribution is 5.97. The van der Waals surface area contributed by atoms with Crippen LogP contribution in [0.2, 0.25) is 0 Å². The summed E-state index contributed by atoms with van der Waals surface area (Å²) in [6, 6.07) is 17.8. The number of imidazole rings is 2. The molecule has 2 aromatic carbocycles. The Morgan fingerprint density at radius 2 is 1.97 bits per heavy atom. The maximum Gasteiger partial charge on any atom is 0.251 e. The van der Waals surface area contributed by atoms with Crippen LogP contribution in [0.1, 0.15) is 27.2 Å². The molecule has 0 bridgehead atoms. The van der Waals surface area contributed by atoms with Gasteiger partial charge in [0.15, 0.2) is 0 Å². The number of aryl methyl sites for hydroxylation is 2. The van der Waals surface area contributed by atoms with E-state index in [1.807, 2.05) is 53.2 Å². The maximum atomic E-state index is 12.7. The van der Waals surface area contributed by atoms with E-state index in [-0.39, 0.29) is 5.91 Å². The molecule has 0 atom stereocenters. The lowest BCUT2D eigenvalue weighted by Crippen LogP contribution is -2.22. The fraction of sp³-hybridized carbons (Fsp3) is 0.125. The van der Waals surface area contributed by atoms with Gasteiger partial charge in [0.25, 0.3) is 5.91 Å². The molecule has 148 valence electrons. The number of aromatic nitrogens is 4. The van der Waals surface area contributed by atoms with Crippen LogP contribution in [0.25, 0.3) is 22.4 Å². The van der Waals surface area contributed by atoms with Crippen molar-refractivity contribution in [2.75, 3.05) is 0 Å². The lowest BCUT2D eigenvalue weighted by atomic mass is 10.1. The van der Waals surface area contributed by atoms with Gasteiger partial charge in [-0.25, -0.2) is 9.97 Å². The third kappa shape index (κ3) is 3.22. The molecule has 1 amide bonds.